The number of carbonyl (C=O) groups is 2. The Morgan fingerprint density at radius 2 is 2.27 bits per heavy atom. The number of aryl methyl sites for hydroxylation is 1. The van der Waals surface area contributed by atoms with E-state index in [1.807, 2.05) is 19.9 Å². The zero-order chi connectivity index (χ0) is 18.5. The van der Waals surface area contributed by atoms with Crippen LogP contribution in [0.5, 0.6) is 0 Å². The van der Waals surface area contributed by atoms with Crippen LogP contribution in [-0.4, -0.2) is 47.1 Å². The number of rotatable bonds is 6. The van der Waals surface area contributed by atoms with Gasteiger partial charge in [0, 0.05) is 37.7 Å². The highest BCUT2D eigenvalue weighted by atomic mass is 16.6. The number of hydrogen-bond donors (Lipinski definition) is 1. The number of fused-ring (bicyclic) bond motifs is 1. The molecule has 0 atom stereocenters. The quantitative estimate of drug-likeness (QED) is 0.367. The third kappa shape index (κ3) is 4.28. The molecule has 7 nitrogen and oxygen atoms in total. The van der Waals surface area contributed by atoms with Gasteiger partial charge in [0.2, 0.25) is 11.8 Å². The molecule has 1 aromatic heterocycles. The summed E-state index contributed by atoms with van der Waals surface area (Å²) in [7, 11) is 0. The Labute approximate surface area is 153 Å². The van der Waals surface area contributed by atoms with E-state index in [2.05, 4.69) is 15.5 Å². The number of aromatic nitrogens is 1. The van der Waals surface area contributed by atoms with Crippen LogP contribution in [0.2, 0.25) is 0 Å². The maximum Gasteiger partial charge on any atom is 0.246 e. The summed E-state index contributed by atoms with van der Waals surface area (Å²) in [5, 5.41) is 6.84. The lowest BCUT2D eigenvalue weighted by molar-refractivity contribution is -0.130. The molecule has 2 aliphatic rings. The lowest BCUT2D eigenvalue weighted by atomic mass is 9.95. The molecule has 0 radical (unpaired) electrons. The van der Waals surface area contributed by atoms with Gasteiger partial charge < -0.3 is 15.1 Å². The van der Waals surface area contributed by atoms with Crippen molar-refractivity contribution in [1.29, 1.82) is 0 Å². The van der Waals surface area contributed by atoms with Crippen LogP contribution in [0.4, 0.5) is 5.82 Å². The summed E-state index contributed by atoms with van der Waals surface area (Å²) < 4.78 is 0. The van der Waals surface area contributed by atoms with Gasteiger partial charge in [0.25, 0.3) is 0 Å². The fourth-order valence-electron chi connectivity index (χ4n) is 2.87. The molecule has 1 aromatic rings. The van der Waals surface area contributed by atoms with Crippen molar-refractivity contribution in [2.45, 2.75) is 33.1 Å². The second-order valence-electron chi connectivity index (χ2n) is 6.66. The molecule has 2 aliphatic heterocycles. The number of carbonyl (C=O) groups excluding carboxylic acids is 2. The minimum atomic E-state index is -0.0189. The van der Waals surface area contributed by atoms with Gasteiger partial charge in [-0.05, 0) is 43.0 Å². The molecule has 138 valence electrons. The first-order valence-corrected chi connectivity index (χ1v) is 8.99. The van der Waals surface area contributed by atoms with Gasteiger partial charge in [0.05, 0.1) is 5.71 Å². The number of oxime groups is 1. The molecule has 3 rings (SSSR count). The summed E-state index contributed by atoms with van der Waals surface area (Å²) in [5.41, 5.74) is 2.80. The highest BCUT2D eigenvalue weighted by Gasteiger charge is 2.31. The molecule has 7 heteroatoms. The summed E-state index contributed by atoms with van der Waals surface area (Å²) >= 11 is 0. The number of pyridine rings is 1. The molecule has 3 heterocycles. The maximum absolute atomic E-state index is 12.2. The standard InChI is InChI=1S/C19H24N4O3/c1-3-8-26-22-13(2)16-11-23(12-16)18(25)7-4-14-9-15-5-6-17(24)21-19(15)20-10-14/h4,7,9-10,16H,3,5-6,8,11-12H2,1-2H3,(H,20,21,24)/b7-4+,22-13?. The van der Waals surface area contributed by atoms with Gasteiger partial charge in [-0.1, -0.05) is 12.1 Å². The number of amides is 2. The lowest BCUT2D eigenvalue weighted by Gasteiger charge is -2.38. The van der Waals surface area contributed by atoms with Crippen LogP contribution in [0.25, 0.3) is 6.08 Å². The van der Waals surface area contributed by atoms with Crippen molar-refractivity contribution in [3.8, 4) is 0 Å². The van der Waals surface area contributed by atoms with Crippen LogP contribution in [0, 0.1) is 5.92 Å². The van der Waals surface area contributed by atoms with E-state index in [9.17, 15) is 9.59 Å². The second-order valence-corrected chi connectivity index (χ2v) is 6.66. The third-order valence-electron chi connectivity index (χ3n) is 4.57. The molecular weight excluding hydrogens is 332 g/mol. The Kier molecular flexibility index (Phi) is 5.65. The number of anilines is 1. The average Bonchev–Trinajstić information content (AvgIpc) is 2.59. The van der Waals surface area contributed by atoms with E-state index >= 15 is 0 Å². The molecule has 0 unspecified atom stereocenters. The zero-order valence-corrected chi connectivity index (χ0v) is 15.2. The molecule has 0 aromatic carbocycles. The van der Waals surface area contributed by atoms with Crippen molar-refractivity contribution in [3.05, 3.63) is 29.5 Å². The summed E-state index contributed by atoms with van der Waals surface area (Å²) in [6.07, 6.45) is 7.08. The minimum absolute atomic E-state index is 0.00488. The van der Waals surface area contributed by atoms with Gasteiger partial charge in [-0.3, -0.25) is 9.59 Å². The van der Waals surface area contributed by atoms with Gasteiger partial charge in [0.1, 0.15) is 12.4 Å². The van der Waals surface area contributed by atoms with Crippen molar-refractivity contribution >= 4 is 29.4 Å². The molecule has 1 N–H and O–H groups in total. The van der Waals surface area contributed by atoms with Gasteiger partial charge in [-0.25, -0.2) is 4.98 Å². The summed E-state index contributed by atoms with van der Waals surface area (Å²) in [4.78, 5) is 34.8. The van der Waals surface area contributed by atoms with Crippen LogP contribution in [0.15, 0.2) is 23.5 Å². The highest BCUT2D eigenvalue weighted by Crippen LogP contribution is 2.22. The molecule has 2 amide bonds. The topological polar surface area (TPSA) is 83.9 Å². The van der Waals surface area contributed by atoms with E-state index in [1.54, 1.807) is 23.2 Å². The smallest absolute Gasteiger partial charge is 0.246 e. The van der Waals surface area contributed by atoms with Crippen molar-refractivity contribution in [2.75, 3.05) is 25.0 Å². The van der Waals surface area contributed by atoms with Crippen LogP contribution in [0.1, 0.15) is 37.8 Å². The van der Waals surface area contributed by atoms with Crippen molar-refractivity contribution in [3.63, 3.8) is 0 Å². The lowest BCUT2D eigenvalue weighted by Crippen LogP contribution is -2.52. The van der Waals surface area contributed by atoms with E-state index in [0.29, 0.717) is 38.4 Å². The maximum atomic E-state index is 12.2. The van der Waals surface area contributed by atoms with E-state index in [4.69, 9.17) is 4.84 Å². The molecule has 0 spiro atoms. The van der Waals surface area contributed by atoms with Crippen LogP contribution in [0.3, 0.4) is 0 Å². The monoisotopic (exact) mass is 356 g/mol. The predicted octanol–water partition coefficient (Wildman–Crippen LogP) is 2.24. The van der Waals surface area contributed by atoms with Crippen LogP contribution in [-0.2, 0) is 20.8 Å². The van der Waals surface area contributed by atoms with Crippen LogP contribution >= 0.6 is 0 Å². The Morgan fingerprint density at radius 3 is 3.04 bits per heavy atom. The second kappa shape index (κ2) is 8.12. The predicted molar refractivity (Wildman–Crippen MR) is 99.6 cm³/mol. The Bertz CT molecular complexity index is 751. The molecule has 0 saturated carbocycles. The fourth-order valence-corrected chi connectivity index (χ4v) is 2.87. The SMILES string of the molecule is CCCON=C(C)C1CN(C(=O)/C=C/c2cnc3c(c2)CCC(=O)N3)C1. The normalized spacial score (nSPS) is 17.7. The Balaban J connectivity index is 1.51. The van der Waals surface area contributed by atoms with Crippen LogP contribution < -0.4 is 5.32 Å². The van der Waals surface area contributed by atoms with E-state index in [0.717, 1.165) is 23.3 Å². The van der Waals surface area contributed by atoms with E-state index in [1.165, 1.54) is 0 Å². The van der Waals surface area contributed by atoms with Gasteiger partial charge in [-0.2, -0.15) is 0 Å². The highest BCUT2D eigenvalue weighted by molar-refractivity contribution is 5.95. The van der Waals surface area contributed by atoms with Gasteiger partial charge >= 0.3 is 0 Å². The zero-order valence-electron chi connectivity index (χ0n) is 15.2. The largest absolute Gasteiger partial charge is 0.396 e. The molecular formula is C19H24N4O3. The number of hydrogen-bond acceptors (Lipinski definition) is 5. The summed E-state index contributed by atoms with van der Waals surface area (Å²) in [6.45, 7) is 5.93. The van der Waals surface area contributed by atoms with E-state index < -0.39 is 0 Å². The van der Waals surface area contributed by atoms with Crippen molar-refractivity contribution in [1.82, 2.24) is 9.88 Å². The van der Waals surface area contributed by atoms with Gasteiger partial charge in [-0.15, -0.1) is 0 Å². The van der Waals surface area contributed by atoms with Crippen molar-refractivity contribution < 1.29 is 14.4 Å². The minimum Gasteiger partial charge on any atom is -0.396 e. The number of nitrogens with zero attached hydrogens (tertiary/aromatic N) is 3. The molecule has 1 saturated heterocycles. The number of likely N-dealkylation sites (tertiary alicyclic amines) is 1. The summed E-state index contributed by atoms with van der Waals surface area (Å²) in [6, 6.07) is 1.96. The first-order valence-electron chi connectivity index (χ1n) is 8.99. The fraction of sp³-hybridized carbons (Fsp3) is 0.474. The molecule has 1 fully saturated rings. The summed E-state index contributed by atoms with van der Waals surface area (Å²) in [5.74, 6) is 0.873. The Morgan fingerprint density at radius 1 is 1.46 bits per heavy atom. The third-order valence-corrected chi connectivity index (χ3v) is 4.57. The first kappa shape index (κ1) is 18.1. The average molecular weight is 356 g/mol. The van der Waals surface area contributed by atoms with Gasteiger partial charge in [0.15, 0.2) is 0 Å². The van der Waals surface area contributed by atoms with E-state index in [-0.39, 0.29) is 17.7 Å². The van der Waals surface area contributed by atoms with Crippen molar-refractivity contribution in [2.24, 2.45) is 11.1 Å². The molecule has 26 heavy (non-hydrogen) atoms. The Hall–Kier alpha value is -2.70. The molecule has 0 bridgehead atoms. The molecule has 0 aliphatic carbocycles. The number of nitrogens with one attached hydrogen (secondary N) is 1. The first-order chi connectivity index (χ1) is 12.6.